The van der Waals surface area contributed by atoms with Gasteiger partial charge in [-0.15, -0.1) is 0 Å². The molecule has 0 atom stereocenters. The minimum Gasteiger partial charge on any atom is -0.0696 e. The highest BCUT2D eigenvalue weighted by atomic mass is 28.3. The van der Waals surface area contributed by atoms with Gasteiger partial charge in [-0.05, 0) is 11.0 Å². The SMILES string of the molecule is CC[Si](C)(C)C.[SiH4]. The molecule has 0 N–H and O–H groups in total. The van der Waals surface area contributed by atoms with E-state index in [1.54, 1.807) is 0 Å². The smallest absolute Gasteiger partial charge is 0.0439 e. The van der Waals surface area contributed by atoms with E-state index in [0.29, 0.717) is 0 Å². The summed E-state index contributed by atoms with van der Waals surface area (Å²) in [4.78, 5) is 0. The first-order chi connectivity index (χ1) is 2.56. The van der Waals surface area contributed by atoms with Crippen LogP contribution >= 0.6 is 0 Å². The fourth-order valence-corrected chi connectivity index (χ4v) is 0. The first kappa shape index (κ1) is 10.4. The molecule has 0 aromatic rings. The first-order valence-electron chi connectivity index (χ1n) is 2.56. The van der Waals surface area contributed by atoms with E-state index in [9.17, 15) is 0 Å². The maximum Gasteiger partial charge on any atom is 0.0439 e. The molecule has 2 heteroatoms. The fourth-order valence-electron chi connectivity index (χ4n) is 0. The van der Waals surface area contributed by atoms with Gasteiger partial charge >= 0.3 is 0 Å². The van der Waals surface area contributed by atoms with E-state index in [1.807, 2.05) is 0 Å². The third-order valence-corrected chi connectivity index (χ3v) is 3.18. The second kappa shape index (κ2) is 3.44. The molecule has 46 valence electrons. The Morgan fingerprint density at radius 3 is 1.29 bits per heavy atom. The largest absolute Gasteiger partial charge is 0.0696 e. The van der Waals surface area contributed by atoms with E-state index < -0.39 is 8.07 Å². The molecule has 0 aromatic heterocycles. The van der Waals surface area contributed by atoms with Gasteiger partial charge in [0, 0.05) is 8.07 Å². The van der Waals surface area contributed by atoms with Gasteiger partial charge in [-0.3, -0.25) is 0 Å². The predicted molar refractivity (Wildman–Crippen MR) is 45.2 cm³/mol. The van der Waals surface area contributed by atoms with Crippen molar-refractivity contribution in [2.24, 2.45) is 0 Å². The van der Waals surface area contributed by atoms with Gasteiger partial charge in [0.1, 0.15) is 0 Å². The summed E-state index contributed by atoms with van der Waals surface area (Å²) in [6, 6.07) is 1.41. The van der Waals surface area contributed by atoms with Crippen LogP contribution in [0.1, 0.15) is 6.92 Å². The normalized spacial score (nSPS) is 10.3. The zero-order valence-corrected chi connectivity index (χ0v) is 6.21. The van der Waals surface area contributed by atoms with Crippen LogP contribution in [0, 0.1) is 0 Å². The minimum atomic E-state index is -0.631. The van der Waals surface area contributed by atoms with Crippen LogP contribution in [0.3, 0.4) is 0 Å². The molecule has 0 nitrogen and oxygen atoms in total. The molecule has 0 saturated heterocycles. The van der Waals surface area contributed by atoms with Crippen LogP contribution in [-0.4, -0.2) is 19.0 Å². The summed E-state index contributed by atoms with van der Waals surface area (Å²) in [5.74, 6) is 0. The molecule has 0 aliphatic carbocycles. The molecule has 0 bridgehead atoms. The van der Waals surface area contributed by atoms with E-state index in [0.717, 1.165) is 0 Å². The van der Waals surface area contributed by atoms with E-state index >= 15 is 0 Å². The topological polar surface area (TPSA) is 0 Å². The lowest BCUT2D eigenvalue weighted by Crippen LogP contribution is -2.16. The average Bonchev–Trinajstić information content (AvgIpc) is 1.35. The average molecular weight is 134 g/mol. The molecule has 0 amide bonds. The Kier molecular flexibility index (Phi) is 5.12. The van der Waals surface area contributed by atoms with Crippen LogP contribution in [-0.2, 0) is 0 Å². The molecule has 0 spiro atoms. The van der Waals surface area contributed by atoms with Gasteiger partial charge in [-0.2, -0.15) is 0 Å². The van der Waals surface area contributed by atoms with Crippen LogP contribution in [0.25, 0.3) is 0 Å². The second-order valence-corrected chi connectivity index (χ2v) is 8.74. The zero-order valence-electron chi connectivity index (χ0n) is 5.21. The summed E-state index contributed by atoms with van der Waals surface area (Å²) < 4.78 is 0. The van der Waals surface area contributed by atoms with Gasteiger partial charge in [0.2, 0.25) is 0 Å². The summed E-state index contributed by atoms with van der Waals surface area (Å²) in [7, 11) is -0.631. The molecular weight excluding hydrogens is 116 g/mol. The highest BCUT2D eigenvalue weighted by molar-refractivity contribution is 6.75. The Labute approximate surface area is 52.4 Å². The van der Waals surface area contributed by atoms with Crippen LogP contribution in [0.2, 0.25) is 25.7 Å². The molecule has 0 radical (unpaired) electrons. The van der Waals surface area contributed by atoms with Crippen molar-refractivity contribution in [1.82, 2.24) is 0 Å². The number of rotatable bonds is 1. The maximum atomic E-state index is 2.38. The standard InChI is InChI=1S/C5H14Si.H4Si/c1-5-6(2,3)4;/h5H2,1-4H3;1H4. The third-order valence-electron chi connectivity index (χ3n) is 1.06. The lowest BCUT2D eigenvalue weighted by molar-refractivity contribution is 1.36. The summed E-state index contributed by atoms with van der Waals surface area (Å²) in [6.07, 6.45) is 0. The molecule has 0 heterocycles. The van der Waals surface area contributed by atoms with Crippen molar-refractivity contribution in [2.45, 2.75) is 32.6 Å². The third kappa shape index (κ3) is 10.7. The Morgan fingerprint density at radius 2 is 1.29 bits per heavy atom. The minimum absolute atomic E-state index is 0. The van der Waals surface area contributed by atoms with Gasteiger partial charge in [0.05, 0.1) is 0 Å². The predicted octanol–water partition coefficient (Wildman–Crippen LogP) is 0.893. The maximum absolute atomic E-state index is 2.38. The van der Waals surface area contributed by atoms with Gasteiger partial charge < -0.3 is 0 Å². The number of hydrogen-bond acceptors (Lipinski definition) is 0. The van der Waals surface area contributed by atoms with Crippen molar-refractivity contribution < 1.29 is 0 Å². The fraction of sp³-hybridized carbons (Fsp3) is 1.00. The van der Waals surface area contributed by atoms with Crippen LogP contribution < -0.4 is 0 Å². The quantitative estimate of drug-likeness (QED) is 0.467. The van der Waals surface area contributed by atoms with Crippen molar-refractivity contribution in [3.8, 4) is 0 Å². The highest BCUT2D eigenvalue weighted by Gasteiger charge is 2.06. The number of hydrogen-bond donors (Lipinski definition) is 0. The van der Waals surface area contributed by atoms with E-state index in [-0.39, 0.29) is 11.0 Å². The van der Waals surface area contributed by atoms with Crippen molar-refractivity contribution in [1.29, 1.82) is 0 Å². The van der Waals surface area contributed by atoms with Gasteiger partial charge in [-0.25, -0.2) is 0 Å². The summed E-state index contributed by atoms with van der Waals surface area (Å²) >= 11 is 0. The van der Waals surface area contributed by atoms with E-state index in [4.69, 9.17) is 0 Å². The molecule has 7 heavy (non-hydrogen) atoms. The molecule has 0 saturated carbocycles. The summed E-state index contributed by atoms with van der Waals surface area (Å²) in [5.41, 5.74) is 0. The van der Waals surface area contributed by atoms with Crippen LogP contribution in [0.5, 0.6) is 0 Å². The van der Waals surface area contributed by atoms with Crippen molar-refractivity contribution in [3.63, 3.8) is 0 Å². The molecular formula is C5H18Si2. The second-order valence-electron chi connectivity index (χ2n) is 2.91. The molecule has 0 aliphatic rings. The molecule has 0 rings (SSSR count). The highest BCUT2D eigenvalue weighted by Crippen LogP contribution is 2.04. The van der Waals surface area contributed by atoms with Gasteiger partial charge in [0.25, 0.3) is 0 Å². The van der Waals surface area contributed by atoms with Crippen molar-refractivity contribution in [3.05, 3.63) is 0 Å². The molecule has 0 aromatic carbocycles. The van der Waals surface area contributed by atoms with Gasteiger partial charge in [0.15, 0.2) is 0 Å². The molecule has 0 aliphatic heterocycles. The first-order valence-corrected chi connectivity index (χ1v) is 6.27. The zero-order chi connectivity index (χ0) is 5.21. The Bertz CT molecular complexity index is 35.8. The van der Waals surface area contributed by atoms with E-state index in [2.05, 4.69) is 26.6 Å². The monoisotopic (exact) mass is 134 g/mol. The van der Waals surface area contributed by atoms with E-state index in [1.165, 1.54) is 6.04 Å². The summed E-state index contributed by atoms with van der Waals surface area (Å²) in [5, 5.41) is 0. The van der Waals surface area contributed by atoms with Crippen molar-refractivity contribution in [2.75, 3.05) is 0 Å². The Balaban J connectivity index is 0. The van der Waals surface area contributed by atoms with Gasteiger partial charge in [-0.1, -0.05) is 32.6 Å². The molecule has 0 unspecified atom stereocenters. The molecule has 0 fully saturated rings. The van der Waals surface area contributed by atoms with Crippen molar-refractivity contribution >= 4 is 19.0 Å². The Morgan fingerprint density at radius 1 is 1.14 bits per heavy atom. The van der Waals surface area contributed by atoms with Crippen LogP contribution in [0.15, 0.2) is 0 Å². The van der Waals surface area contributed by atoms with Crippen LogP contribution in [0.4, 0.5) is 0 Å². The lowest BCUT2D eigenvalue weighted by Gasteiger charge is -2.09. The Hall–Kier alpha value is 0.434. The summed E-state index contributed by atoms with van der Waals surface area (Å²) in [6.45, 7) is 9.42. The lowest BCUT2D eigenvalue weighted by atomic mass is 11.0.